The van der Waals surface area contributed by atoms with Crippen LogP contribution in [0.1, 0.15) is 50.9 Å². The van der Waals surface area contributed by atoms with Gasteiger partial charge in [0.1, 0.15) is 17.4 Å². The van der Waals surface area contributed by atoms with Crippen molar-refractivity contribution in [1.82, 2.24) is 0 Å². The highest BCUT2D eigenvalue weighted by molar-refractivity contribution is 7.99. The lowest BCUT2D eigenvalue weighted by atomic mass is 9.69. The Balaban J connectivity index is 2.03. The number of carbonyl (C=O) groups is 1. The van der Waals surface area contributed by atoms with Gasteiger partial charge in [-0.25, -0.2) is 4.39 Å². The first-order valence-electron chi connectivity index (χ1n) is 10.6. The molecule has 0 fully saturated rings. The summed E-state index contributed by atoms with van der Waals surface area (Å²) in [6.07, 6.45) is 0.880. The van der Waals surface area contributed by atoms with E-state index in [1.165, 1.54) is 17.8 Å². The fraction of sp³-hybridized carbons (Fsp3) is 0.360. The summed E-state index contributed by atoms with van der Waals surface area (Å²) in [4.78, 5) is 15.1. The van der Waals surface area contributed by atoms with Crippen molar-refractivity contribution in [3.05, 3.63) is 70.1 Å². The number of ketones is 1. The zero-order valence-corrected chi connectivity index (χ0v) is 19.5. The van der Waals surface area contributed by atoms with Crippen LogP contribution in [0.2, 0.25) is 0 Å². The van der Waals surface area contributed by atoms with Gasteiger partial charge < -0.3 is 10.2 Å². The Kier molecular flexibility index (Phi) is 5.68. The second kappa shape index (κ2) is 8.18. The fourth-order valence-corrected chi connectivity index (χ4v) is 5.48. The minimum atomic E-state index is -0.631. The highest BCUT2D eigenvalue weighted by Crippen LogP contribution is 2.52. The van der Waals surface area contributed by atoms with Gasteiger partial charge in [-0.05, 0) is 42.7 Å². The predicted molar refractivity (Wildman–Crippen MR) is 123 cm³/mol. The first kappa shape index (κ1) is 22.2. The maximum atomic E-state index is 14.9. The van der Waals surface area contributed by atoms with Gasteiger partial charge >= 0.3 is 0 Å². The molecule has 5 nitrogen and oxygen atoms in total. The van der Waals surface area contributed by atoms with E-state index in [0.29, 0.717) is 35.0 Å². The van der Waals surface area contributed by atoms with Crippen molar-refractivity contribution in [2.24, 2.45) is 11.1 Å². The van der Waals surface area contributed by atoms with Crippen LogP contribution < -0.4 is 10.6 Å². The Hall–Kier alpha value is -2.98. The number of para-hydroxylation sites is 1. The van der Waals surface area contributed by atoms with E-state index < -0.39 is 11.7 Å². The van der Waals surface area contributed by atoms with E-state index in [-0.39, 0.29) is 28.3 Å². The van der Waals surface area contributed by atoms with Crippen LogP contribution in [0.3, 0.4) is 0 Å². The first-order valence-corrected chi connectivity index (χ1v) is 11.6. The lowest BCUT2D eigenvalue weighted by Gasteiger charge is -2.43. The fourth-order valence-electron chi connectivity index (χ4n) is 4.69. The van der Waals surface area contributed by atoms with E-state index in [4.69, 9.17) is 10.2 Å². The summed E-state index contributed by atoms with van der Waals surface area (Å²) in [5, 5.41) is 10.8. The zero-order valence-electron chi connectivity index (χ0n) is 18.7. The molecule has 1 atom stereocenters. The number of hydrogen-bond donors (Lipinski definition) is 1. The molecule has 2 aromatic rings. The molecule has 0 spiro atoms. The second-order valence-electron chi connectivity index (χ2n) is 8.96. The van der Waals surface area contributed by atoms with E-state index in [1.807, 2.05) is 33.8 Å². The number of benzene rings is 1. The predicted octanol–water partition coefficient (Wildman–Crippen LogP) is 5.78. The minimum absolute atomic E-state index is 0.0471. The minimum Gasteiger partial charge on any atom is -0.455 e. The Morgan fingerprint density at radius 2 is 2.06 bits per heavy atom. The van der Waals surface area contributed by atoms with Gasteiger partial charge in [0.15, 0.2) is 10.9 Å². The molecule has 1 aliphatic carbocycles. The molecule has 2 aliphatic rings. The average Bonchev–Trinajstić information content (AvgIpc) is 3.07. The summed E-state index contributed by atoms with van der Waals surface area (Å²) >= 11 is 1.52. The molecule has 7 heteroatoms. The third-order valence-electron chi connectivity index (χ3n) is 5.91. The third-order valence-corrected chi connectivity index (χ3v) is 6.78. The quantitative estimate of drug-likeness (QED) is 0.593. The van der Waals surface area contributed by atoms with Gasteiger partial charge in [-0.1, -0.05) is 44.7 Å². The number of rotatable bonds is 4. The number of aryl methyl sites for hydroxylation is 1. The number of allylic oxidation sites excluding steroid dienone is 3. The Morgan fingerprint density at radius 3 is 2.72 bits per heavy atom. The van der Waals surface area contributed by atoms with Crippen molar-refractivity contribution in [1.29, 1.82) is 5.26 Å². The standard InChI is InChI=1S/C25H26FN3O2S/c1-5-32-24-15(10-14(2)31-24)21-16(13-27)23(28)29(18-9-7-6-8-17(18)26)19-11-25(3,4)12-20(30)22(19)21/h6-10,21H,5,11-12,28H2,1-4H3. The van der Waals surface area contributed by atoms with E-state index in [0.717, 1.165) is 11.3 Å². The largest absolute Gasteiger partial charge is 0.455 e. The lowest BCUT2D eigenvalue weighted by Crippen LogP contribution is -2.42. The molecule has 0 amide bonds. The molecule has 1 aromatic heterocycles. The van der Waals surface area contributed by atoms with Crippen LogP contribution in [-0.2, 0) is 4.79 Å². The molecular weight excluding hydrogens is 425 g/mol. The molecule has 32 heavy (non-hydrogen) atoms. The number of Topliss-reactive ketones (excluding diaryl/α,β-unsaturated/α-hetero) is 1. The molecule has 0 saturated carbocycles. The number of halogens is 1. The van der Waals surface area contributed by atoms with Crippen LogP contribution in [-0.4, -0.2) is 11.5 Å². The van der Waals surface area contributed by atoms with Crippen LogP contribution in [0.5, 0.6) is 0 Å². The molecule has 0 radical (unpaired) electrons. The Morgan fingerprint density at radius 1 is 1.34 bits per heavy atom. The van der Waals surface area contributed by atoms with Crippen molar-refractivity contribution in [3.8, 4) is 6.07 Å². The lowest BCUT2D eigenvalue weighted by molar-refractivity contribution is -0.118. The molecule has 1 aliphatic heterocycles. The van der Waals surface area contributed by atoms with Crippen molar-refractivity contribution < 1.29 is 13.6 Å². The van der Waals surface area contributed by atoms with Crippen molar-refractivity contribution in [2.45, 2.75) is 51.5 Å². The average molecular weight is 452 g/mol. The summed E-state index contributed by atoms with van der Waals surface area (Å²) in [7, 11) is 0. The molecule has 166 valence electrons. The van der Waals surface area contributed by atoms with Crippen molar-refractivity contribution in [3.63, 3.8) is 0 Å². The van der Waals surface area contributed by atoms with Gasteiger partial charge in [-0.15, -0.1) is 0 Å². The summed E-state index contributed by atoms with van der Waals surface area (Å²) < 4.78 is 20.8. The number of nitriles is 1. The first-order chi connectivity index (χ1) is 15.2. The topological polar surface area (TPSA) is 83.3 Å². The second-order valence-corrected chi connectivity index (χ2v) is 10.2. The van der Waals surface area contributed by atoms with Gasteiger partial charge in [0, 0.05) is 23.3 Å². The normalized spacial score (nSPS) is 20.4. The molecule has 1 aromatic carbocycles. The van der Waals surface area contributed by atoms with E-state index in [9.17, 15) is 14.4 Å². The van der Waals surface area contributed by atoms with Crippen LogP contribution in [0.25, 0.3) is 0 Å². The van der Waals surface area contributed by atoms with Crippen LogP contribution >= 0.6 is 11.8 Å². The maximum Gasteiger partial charge on any atom is 0.164 e. The number of nitrogens with zero attached hydrogens (tertiary/aromatic N) is 2. The van der Waals surface area contributed by atoms with Crippen molar-refractivity contribution in [2.75, 3.05) is 10.7 Å². The Bertz CT molecular complexity index is 1200. The van der Waals surface area contributed by atoms with E-state index in [2.05, 4.69) is 6.07 Å². The highest BCUT2D eigenvalue weighted by atomic mass is 32.2. The SMILES string of the molecule is CCSc1oc(C)cc1C1C(C#N)=C(N)N(c2ccccc2F)C2=C1C(=O)CC(C)(C)C2. The highest BCUT2D eigenvalue weighted by Gasteiger charge is 2.46. The number of anilines is 1. The number of thioether (sulfide) groups is 1. The van der Waals surface area contributed by atoms with Crippen LogP contribution in [0, 0.1) is 29.5 Å². The van der Waals surface area contributed by atoms with Gasteiger partial charge in [0.2, 0.25) is 0 Å². The number of furan rings is 1. The monoisotopic (exact) mass is 451 g/mol. The van der Waals surface area contributed by atoms with Crippen LogP contribution in [0.15, 0.2) is 62.5 Å². The molecule has 2 N–H and O–H groups in total. The van der Waals surface area contributed by atoms with E-state index >= 15 is 0 Å². The Labute approximate surface area is 191 Å². The van der Waals surface area contributed by atoms with Crippen molar-refractivity contribution >= 4 is 23.2 Å². The van der Waals surface area contributed by atoms with Gasteiger partial charge in [-0.2, -0.15) is 5.26 Å². The van der Waals surface area contributed by atoms with E-state index in [1.54, 1.807) is 23.1 Å². The number of hydrogen-bond acceptors (Lipinski definition) is 6. The molecule has 2 heterocycles. The number of nitrogens with two attached hydrogens (primary N) is 1. The zero-order chi connectivity index (χ0) is 23.2. The third kappa shape index (κ3) is 3.63. The summed E-state index contributed by atoms with van der Waals surface area (Å²) in [5.41, 5.74) is 8.66. The number of carbonyl (C=O) groups excluding carboxylic acids is 1. The molecule has 1 unspecified atom stereocenters. The molecule has 4 rings (SSSR count). The van der Waals surface area contributed by atoms with Gasteiger partial charge in [0.25, 0.3) is 0 Å². The maximum absolute atomic E-state index is 14.9. The molecular formula is C25H26FN3O2S. The van der Waals surface area contributed by atoms with Gasteiger partial charge in [-0.3, -0.25) is 9.69 Å². The smallest absolute Gasteiger partial charge is 0.164 e. The van der Waals surface area contributed by atoms with Crippen LogP contribution in [0.4, 0.5) is 10.1 Å². The molecule has 0 bridgehead atoms. The summed E-state index contributed by atoms with van der Waals surface area (Å²) in [5.74, 6) is 0.492. The summed E-state index contributed by atoms with van der Waals surface area (Å²) in [6, 6.07) is 10.4. The molecule has 0 saturated heterocycles. The summed E-state index contributed by atoms with van der Waals surface area (Å²) in [6.45, 7) is 7.89. The van der Waals surface area contributed by atoms with Gasteiger partial charge in [0.05, 0.1) is 23.2 Å².